The fourth-order valence-corrected chi connectivity index (χ4v) is 6.52. The summed E-state index contributed by atoms with van der Waals surface area (Å²) in [6.07, 6.45) is 1.19. The van der Waals surface area contributed by atoms with E-state index in [9.17, 15) is 18.0 Å². The number of amides is 1. The van der Waals surface area contributed by atoms with Crippen LogP contribution in [0, 0.1) is 13.8 Å². The van der Waals surface area contributed by atoms with Crippen molar-refractivity contribution in [2.45, 2.75) is 39.2 Å². The highest BCUT2D eigenvalue weighted by Crippen LogP contribution is 2.23. The van der Waals surface area contributed by atoms with E-state index >= 15 is 0 Å². The predicted molar refractivity (Wildman–Crippen MR) is 103 cm³/mol. The molecular formula is C18H26N2O4S2. The van der Waals surface area contributed by atoms with Gasteiger partial charge in [0.15, 0.2) is 15.6 Å². The summed E-state index contributed by atoms with van der Waals surface area (Å²) in [5.41, 5.74) is 0.743. The van der Waals surface area contributed by atoms with Crippen LogP contribution in [0.25, 0.3) is 0 Å². The van der Waals surface area contributed by atoms with Crippen molar-refractivity contribution in [3.05, 3.63) is 21.4 Å². The van der Waals surface area contributed by atoms with E-state index in [4.69, 9.17) is 0 Å². The number of carbonyl (C=O) groups excluding carboxylic acids is 2. The number of rotatable bonds is 5. The molecule has 0 spiro atoms. The van der Waals surface area contributed by atoms with Gasteiger partial charge < -0.3 is 4.90 Å². The number of Topliss-reactive ketones (excluding diaryl/α,β-unsaturated/α-hetero) is 1. The van der Waals surface area contributed by atoms with Gasteiger partial charge >= 0.3 is 0 Å². The maximum Gasteiger partial charge on any atom is 0.223 e. The SMILES string of the molecule is Cc1cc(C(=O)CCC(=O)N2CCN(C3CCS(=O)(=O)C3)CC2)c(C)s1. The molecule has 1 aromatic rings. The molecule has 0 N–H and O–H groups in total. The second-order valence-electron chi connectivity index (χ2n) is 7.22. The molecule has 2 fully saturated rings. The molecule has 2 saturated heterocycles. The van der Waals surface area contributed by atoms with Gasteiger partial charge in [-0.2, -0.15) is 0 Å². The Labute approximate surface area is 159 Å². The van der Waals surface area contributed by atoms with Gasteiger partial charge in [-0.15, -0.1) is 11.3 Å². The van der Waals surface area contributed by atoms with Crippen molar-refractivity contribution in [3.8, 4) is 0 Å². The Kier molecular flexibility index (Phi) is 5.84. The van der Waals surface area contributed by atoms with Gasteiger partial charge in [0, 0.05) is 60.4 Å². The number of piperazine rings is 1. The molecule has 1 atom stereocenters. The van der Waals surface area contributed by atoms with Crippen molar-refractivity contribution >= 4 is 32.9 Å². The van der Waals surface area contributed by atoms with E-state index in [2.05, 4.69) is 4.90 Å². The van der Waals surface area contributed by atoms with Gasteiger partial charge in [0.05, 0.1) is 11.5 Å². The molecule has 1 unspecified atom stereocenters. The number of carbonyl (C=O) groups is 2. The summed E-state index contributed by atoms with van der Waals surface area (Å²) in [6.45, 7) is 6.57. The first kappa shape index (κ1) is 19.5. The first-order valence-corrected chi connectivity index (χ1v) is 11.7. The molecule has 6 nitrogen and oxygen atoms in total. The Hall–Kier alpha value is -1.25. The molecule has 1 aromatic heterocycles. The zero-order valence-electron chi connectivity index (χ0n) is 15.4. The molecule has 0 radical (unpaired) electrons. The number of aryl methyl sites for hydroxylation is 2. The van der Waals surface area contributed by atoms with E-state index in [1.54, 1.807) is 16.2 Å². The first-order chi connectivity index (χ1) is 12.2. The minimum atomic E-state index is -2.88. The molecule has 144 valence electrons. The zero-order chi connectivity index (χ0) is 18.9. The molecule has 0 saturated carbocycles. The van der Waals surface area contributed by atoms with Gasteiger partial charge in [-0.1, -0.05) is 0 Å². The van der Waals surface area contributed by atoms with E-state index < -0.39 is 9.84 Å². The van der Waals surface area contributed by atoms with Gasteiger partial charge in [0.1, 0.15) is 0 Å². The Balaban J connectivity index is 1.45. The fourth-order valence-electron chi connectivity index (χ4n) is 3.82. The van der Waals surface area contributed by atoms with Gasteiger partial charge in [0.25, 0.3) is 0 Å². The van der Waals surface area contributed by atoms with Crippen LogP contribution in [0.4, 0.5) is 0 Å². The zero-order valence-corrected chi connectivity index (χ0v) is 17.0. The predicted octanol–water partition coefficient (Wildman–Crippen LogP) is 1.66. The van der Waals surface area contributed by atoms with Crippen LogP contribution in [0.5, 0.6) is 0 Å². The summed E-state index contributed by atoms with van der Waals surface area (Å²) in [6, 6.07) is 2.00. The van der Waals surface area contributed by atoms with Crippen LogP contribution >= 0.6 is 11.3 Å². The van der Waals surface area contributed by atoms with Crippen LogP contribution in [0.3, 0.4) is 0 Å². The number of ketones is 1. The number of hydrogen-bond donors (Lipinski definition) is 0. The van der Waals surface area contributed by atoms with Crippen molar-refractivity contribution in [2.75, 3.05) is 37.7 Å². The molecule has 2 aliphatic rings. The van der Waals surface area contributed by atoms with Gasteiger partial charge in [0.2, 0.25) is 5.91 Å². The molecule has 3 heterocycles. The normalized spacial score (nSPS) is 23.3. The molecule has 26 heavy (non-hydrogen) atoms. The Morgan fingerprint density at radius 1 is 1.15 bits per heavy atom. The van der Waals surface area contributed by atoms with E-state index in [1.807, 2.05) is 19.9 Å². The molecule has 8 heteroatoms. The van der Waals surface area contributed by atoms with Crippen LogP contribution in [-0.2, 0) is 14.6 Å². The second-order valence-corrected chi connectivity index (χ2v) is 10.9. The maximum atomic E-state index is 12.4. The molecule has 1 amide bonds. The molecule has 0 aromatic carbocycles. The molecular weight excluding hydrogens is 372 g/mol. The summed E-state index contributed by atoms with van der Waals surface area (Å²) in [5, 5.41) is 0. The Bertz CT molecular complexity index is 792. The highest BCUT2D eigenvalue weighted by atomic mass is 32.2. The van der Waals surface area contributed by atoms with Crippen molar-refractivity contribution in [1.29, 1.82) is 0 Å². The standard InChI is InChI=1S/C18H26N2O4S2/c1-13-11-16(14(2)25-13)17(21)3-4-18(22)20-8-6-19(7-9-20)15-5-10-26(23,24)12-15/h11,15H,3-10,12H2,1-2H3. The maximum absolute atomic E-state index is 12.4. The molecule has 2 aliphatic heterocycles. The highest BCUT2D eigenvalue weighted by molar-refractivity contribution is 7.91. The van der Waals surface area contributed by atoms with E-state index in [0.29, 0.717) is 32.6 Å². The number of thiophene rings is 1. The number of hydrogen-bond acceptors (Lipinski definition) is 6. The fraction of sp³-hybridized carbons (Fsp3) is 0.667. The summed E-state index contributed by atoms with van der Waals surface area (Å²) in [5.74, 6) is 0.576. The van der Waals surface area contributed by atoms with Crippen LogP contribution in [-0.4, -0.2) is 73.6 Å². The Morgan fingerprint density at radius 3 is 2.38 bits per heavy atom. The Morgan fingerprint density at radius 2 is 1.85 bits per heavy atom. The average Bonchev–Trinajstić information content (AvgIpc) is 3.13. The van der Waals surface area contributed by atoms with E-state index in [0.717, 1.165) is 15.3 Å². The average molecular weight is 399 g/mol. The largest absolute Gasteiger partial charge is 0.340 e. The highest BCUT2D eigenvalue weighted by Gasteiger charge is 2.34. The van der Waals surface area contributed by atoms with E-state index in [1.165, 1.54) is 0 Å². The minimum absolute atomic E-state index is 0.0154. The first-order valence-electron chi connectivity index (χ1n) is 9.07. The number of sulfone groups is 1. The van der Waals surface area contributed by atoms with Gasteiger partial charge in [-0.25, -0.2) is 8.42 Å². The summed E-state index contributed by atoms with van der Waals surface area (Å²) < 4.78 is 23.3. The molecule has 0 aliphatic carbocycles. The lowest BCUT2D eigenvalue weighted by Gasteiger charge is -2.37. The van der Waals surface area contributed by atoms with Crippen LogP contribution in [0.1, 0.15) is 39.4 Å². The summed E-state index contributed by atoms with van der Waals surface area (Å²) in [7, 11) is -2.88. The lowest BCUT2D eigenvalue weighted by atomic mass is 10.1. The van der Waals surface area contributed by atoms with Crippen molar-refractivity contribution in [1.82, 2.24) is 9.80 Å². The molecule has 3 rings (SSSR count). The smallest absolute Gasteiger partial charge is 0.223 e. The monoisotopic (exact) mass is 398 g/mol. The van der Waals surface area contributed by atoms with Crippen molar-refractivity contribution in [3.63, 3.8) is 0 Å². The second kappa shape index (κ2) is 7.78. The summed E-state index contributed by atoms with van der Waals surface area (Å²) >= 11 is 1.61. The van der Waals surface area contributed by atoms with Gasteiger partial charge in [-0.05, 0) is 26.3 Å². The topological polar surface area (TPSA) is 74.8 Å². The lowest BCUT2D eigenvalue weighted by Crippen LogP contribution is -2.52. The van der Waals surface area contributed by atoms with Crippen LogP contribution < -0.4 is 0 Å². The van der Waals surface area contributed by atoms with Crippen LogP contribution in [0.2, 0.25) is 0 Å². The number of nitrogens with zero attached hydrogens (tertiary/aromatic N) is 2. The minimum Gasteiger partial charge on any atom is -0.340 e. The quantitative estimate of drug-likeness (QED) is 0.705. The third-order valence-corrected chi connectivity index (χ3v) is 8.02. The van der Waals surface area contributed by atoms with Crippen LogP contribution in [0.15, 0.2) is 6.07 Å². The molecule has 0 bridgehead atoms. The van der Waals surface area contributed by atoms with Gasteiger partial charge in [-0.3, -0.25) is 14.5 Å². The van der Waals surface area contributed by atoms with Crippen molar-refractivity contribution < 1.29 is 18.0 Å². The lowest BCUT2D eigenvalue weighted by molar-refractivity contribution is -0.133. The van der Waals surface area contributed by atoms with Crippen molar-refractivity contribution in [2.24, 2.45) is 0 Å². The van der Waals surface area contributed by atoms with E-state index in [-0.39, 0.29) is 42.1 Å². The third kappa shape index (κ3) is 4.53. The summed E-state index contributed by atoms with van der Waals surface area (Å²) in [4.78, 5) is 30.9. The third-order valence-electron chi connectivity index (χ3n) is 5.30.